The lowest BCUT2D eigenvalue weighted by Crippen LogP contribution is -2.13. The average molecular weight is 232 g/mol. The van der Waals surface area contributed by atoms with Gasteiger partial charge in [0.15, 0.2) is 5.78 Å². The first-order chi connectivity index (χ1) is 8.33. The van der Waals surface area contributed by atoms with Crippen molar-refractivity contribution in [2.75, 3.05) is 0 Å². The van der Waals surface area contributed by atoms with Crippen molar-refractivity contribution in [2.24, 2.45) is 17.8 Å². The molecule has 2 atom stereocenters. The number of carbonyl (C=O) groups excluding carboxylic acids is 1. The van der Waals surface area contributed by atoms with Crippen molar-refractivity contribution in [1.82, 2.24) is 9.78 Å². The van der Waals surface area contributed by atoms with Crippen LogP contribution in [0.4, 0.5) is 0 Å². The SMILES string of the molecule is CCCn1nccc1C(=O)C1C2CCCCC21. The minimum atomic E-state index is 0.324. The van der Waals surface area contributed by atoms with Crippen LogP contribution in [-0.2, 0) is 6.54 Å². The Labute approximate surface area is 102 Å². The zero-order chi connectivity index (χ0) is 11.8. The number of ketones is 1. The van der Waals surface area contributed by atoms with Gasteiger partial charge in [-0.05, 0) is 37.2 Å². The van der Waals surface area contributed by atoms with Gasteiger partial charge in [0.05, 0.1) is 0 Å². The van der Waals surface area contributed by atoms with Crippen molar-refractivity contribution in [1.29, 1.82) is 0 Å². The summed E-state index contributed by atoms with van der Waals surface area (Å²) in [7, 11) is 0. The summed E-state index contributed by atoms with van der Waals surface area (Å²) in [5, 5.41) is 4.25. The zero-order valence-electron chi connectivity index (χ0n) is 10.4. The fourth-order valence-corrected chi connectivity index (χ4v) is 3.48. The summed E-state index contributed by atoms with van der Waals surface area (Å²) in [5.74, 6) is 2.07. The molecule has 0 N–H and O–H groups in total. The van der Waals surface area contributed by atoms with Crippen LogP contribution in [0.2, 0.25) is 0 Å². The van der Waals surface area contributed by atoms with Crippen molar-refractivity contribution < 1.29 is 4.79 Å². The van der Waals surface area contributed by atoms with Gasteiger partial charge in [-0.1, -0.05) is 19.8 Å². The third-order valence-corrected chi connectivity index (χ3v) is 4.36. The maximum atomic E-state index is 12.5. The minimum Gasteiger partial charge on any atom is -0.292 e. The predicted molar refractivity (Wildman–Crippen MR) is 65.8 cm³/mol. The third-order valence-electron chi connectivity index (χ3n) is 4.36. The molecular formula is C14H20N2O. The number of hydrogen-bond donors (Lipinski definition) is 0. The summed E-state index contributed by atoms with van der Waals surface area (Å²) in [6.45, 7) is 2.98. The molecule has 92 valence electrons. The van der Waals surface area contributed by atoms with Crippen LogP contribution in [-0.4, -0.2) is 15.6 Å². The molecule has 0 radical (unpaired) electrons. The lowest BCUT2D eigenvalue weighted by molar-refractivity contribution is 0.0945. The highest BCUT2D eigenvalue weighted by molar-refractivity contribution is 5.98. The molecule has 2 fully saturated rings. The van der Waals surface area contributed by atoms with Crippen molar-refractivity contribution in [2.45, 2.75) is 45.6 Å². The number of hydrogen-bond acceptors (Lipinski definition) is 2. The number of carbonyl (C=O) groups is 1. The molecule has 2 aliphatic rings. The second kappa shape index (κ2) is 4.28. The van der Waals surface area contributed by atoms with Crippen molar-refractivity contribution in [3.8, 4) is 0 Å². The molecule has 2 aliphatic carbocycles. The van der Waals surface area contributed by atoms with Gasteiger partial charge in [-0.2, -0.15) is 5.10 Å². The minimum absolute atomic E-state index is 0.324. The van der Waals surface area contributed by atoms with Crippen LogP contribution < -0.4 is 0 Å². The Balaban J connectivity index is 1.76. The second-order valence-electron chi connectivity index (χ2n) is 5.44. The molecule has 3 nitrogen and oxygen atoms in total. The Morgan fingerprint density at radius 3 is 2.76 bits per heavy atom. The van der Waals surface area contributed by atoms with E-state index in [1.54, 1.807) is 6.20 Å². The molecule has 1 heterocycles. The highest BCUT2D eigenvalue weighted by Crippen LogP contribution is 2.56. The summed E-state index contributed by atoms with van der Waals surface area (Å²) < 4.78 is 1.88. The summed E-state index contributed by atoms with van der Waals surface area (Å²) in [6.07, 6.45) is 7.96. The molecule has 0 spiro atoms. The van der Waals surface area contributed by atoms with Crippen molar-refractivity contribution >= 4 is 5.78 Å². The summed E-state index contributed by atoms with van der Waals surface area (Å²) in [6, 6.07) is 1.89. The highest BCUT2D eigenvalue weighted by Gasteiger charge is 2.55. The Bertz CT molecular complexity index is 412. The van der Waals surface area contributed by atoms with E-state index >= 15 is 0 Å². The first-order valence-corrected chi connectivity index (χ1v) is 6.89. The number of rotatable bonds is 4. The molecule has 3 heteroatoms. The van der Waals surface area contributed by atoms with E-state index in [4.69, 9.17) is 0 Å². The monoisotopic (exact) mass is 232 g/mol. The van der Waals surface area contributed by atoms with Gasteiger partial charge in [-0.15, -0.1) is 0 Å². The Morgan fingerprint density at radius 1 is 1.41 bits per heavy atom. The first kappa shape index (κ1) is 11.0. The molecule has 2 unspecified atom stereocenters. The predicted octanol–water partition coefficient (Wildman–Crippen LogP) is 2.91. The van der Waals surface area contributed by atoms with Gasteiger partial charge >= 0.3 is 0 Å². The van der Waals surface area contributed by atoms with Gasteiger partial charge in [0.25, 0.3) is 0 Å². The molecule has 3 rings (SSSR count). The van der Waals surface area contributed by atoms with Gasteiger partial charge in [0.2, 0.25) is 0 Å². The van der Waals surface area contributed by atoms with E-state index in [0.717, 1.165) is 18.7 Å². The van der Waals surface area contributed by atoms with Crippen LogP contribution in [0.3, 0.4) is 0 Å². The van der Waals surface area contributed by atoms with Crippen LogP contribution in [0, 0.1) is 17.8 Å². The van der Waals surface area contributed by atoms with E-state index < -0.39 is 0 Å². The molecule has 1 aromatic heterocycles. The van der Waals surface area contributed by atoms with Crippen LogP contribution in [0.1, 0.15) is 49.5 Å². The summed E-state index contributed by atoms with van der Waals surface area (Å²) >= 11 is 0. The molecule has 2 saturated carbocycles. The Morgan fingerprint density at radius 2 is 2.12 bits per heavy atom. The van der Waals surface area contributed by atoms with Crippen LogP contribution in [0.15, 0.2) is 12.3 Å². The van der Waals surface area contributed by atoms with E-state index in [1.807, 2.05) is 10.7 Å². The maximum Gasteiger partial charge on any atom is 0.184 e. The van der Waals surface area contributed by atoms with Crippen molar-refractivity contribution in [3.05, 3.63) is 18.0 Å². The number of fused-ring (bicyclic) bond motifs is 1. The normalized spacial score (nSPS) is 31.0. The molecule has 0 bridgehead atoms. The Hall–Kier alpha value is -1.12. The standard InChI is InChI=1S/C14H20N2O/c1-2-9-16-12(7-8-15-16)14(17)13-10-5-3-4-6-11(10)13/h7-8,10-11,13H,2-6,9H2,1H3. The fourth-order valence-electron chi connectivity index (χ4n) is 3.48. The fraction of sp³-hybridized carbons (Fsp3) is 0.714. The first-order valence-electron chi connectivity index (χ1n) is 6.89. The average Bonchev–Trinajstić information content (AvgIpc) is 2.90. The van der Waals surface area contributed by atoms with Gasteiger partial charge < -0.3 is 0 Å². The van der Waals surface area contributed by atoms with Gasteiger partial charge in [-0.3, -0.25) is 9.48 Å². The molecule has 0 aliphatic heterocycles. The van der Waals surface area contributed by atoms with E-state index in [1.165, 1.54) is 25.7 Å². The summed E-state index contributed by atoms with van der Waals surface area (Å²) in [4.78, 5) is 12.5. The molecule has 17 heavy (non-hydrogen) atoms. The van der Waals surface area contributed by atoms with Crippen molar-refractivity contribution in [3.63, 3.8) is 0 Å². The number of aromatic nitrogens is 2. The molecule has 0 saturated heterocycles. The van der Waals surface area contributed by atoms with Gasteiger partial charge in [0, 0.05) is 18.7 Å². The van der Waals surface area contributed by atoms with Gasteiger partial charge in [-0.25, -0.2) is 0 Å². The highest BCUT2D eigenvalue weighted by atomic mass is 16.1. The number of nitrogens with zero attached hydrogens (tertiary/aromatic N) is 2. The molecule has 1 aromatic rings. The van der Waals surface area contributed by atoms with Crippen LogP contribution in [0.25, 0.3) is 0 Å². The van der Waals surface area contributed by atoms with Crippen LogP contribution in [0.5, 0.6) is 0 Å². The second-order valence-corrected chi connectivity index (χ2v) is 5.44. The summed E-state index contributed by atoms with van der Waals surface area (Å²) in [5.41, 5.74) is 0.839. The lowest BCUT2D eigenvalue weighted by atomic mass is 10.0. The van der Waals surface area contributed by atoms with E-state index in [9.17, 15) is 4.79 Å². The van der Waals surface area contributed by atoms with E-state index in [-0.39, 0.29) is 0 Å². The zero-order valence-corrected chi connectivity index (χ0v) is 10.4. The molecule has 0 amide bonds. The quantitative estimate of drug-likeness (QED) is 0.748. The van der Waals surface area contributed by atoms with E-state index in [0.29, 0.717) is 23.5 Å². The maximum absolute atomic E-state index is 12.5. The molecule has 0 aromatic carbocycles. The number of aryl methyl sites for hydroxylation is 1. The number of Topliss-reactive ketones (excluding diaryl/α,β-unsaturated/α-hetero) is 1. The van der Waals surface area contributed by atoms with Gasteiger partial charge in [0.1, 0.15) is 5.69 Å². The lowest BCUT2D eigenvalue weighted by Gasteiger charge is -2.04. The van der Waals surface area contributed by atoms with E-state index in [2.05, 4.69) is 12.0 Å². The smallest absolute Gasteiger partial charge is 0.184 e. The third kappa shape index (κ3) is 1.81. The Kier molecular flexibility index (Phi) is 2.77. The molecular weight excluding hydrogens is 212 g/mol. The van der Waals surface area contributed by atoms with Crippen LogP contribution >= 0.6 is 0 Å². The largest absolute Gasteiger partial charge is 0.292 e. The topological polar surface area (TPSA) is 34.9 Å².